The quantitative estimate of drug-likeness (QED) is 0.540. The first-order valence-electron chi connectivity index (χ1n) is 12.1. The number of ether oxygens (including phenoxy) is 1. The van der Waals surface area contributed by atoms with Crippen molar-refractivity contribution in [2.24, 2.45) is 0 Å². The molecule has 4 heterocycles. The van der Waals surface area contributed by atoms with Gasteiger partial charge < -0.3 is 26.0 Å². The van der Waals surface area contributed by atoms with Crippen molar-refractivity contribution in [3.63, 3.8) is 0 Å². The topological polar surface area (TPSA) is 119 Å². The van der Waals surface area contributed by atoms with Gasteiger partial charge in [-0.25, -0.2) is 0 Å². The summed E-state index contributed by atoms with van der Waals surface area (Å²) < 4.78 is 5.40. The van der Waals surface area contributed by atoms with Gasteiger partial charge in [-0.2, -0.15) is 0 Å². The SMILES string of the molecule is COc1ccccc1-c1cc(N2CCCCC2)c(N)nn1.Nc1nnc(Cl)cc1N1CCCCC1. The maximum atomic E-state index is 6.02. The minimum Gasteiger partial charge on any atom is -0.496 e. The third-order valence-corrected chi connectivity index (χ3v) is 6.53. The molecule has 4 N–H and O–H groups in total. The predicted molar refractivity (Wildman–Crippen MR) is 142 cm³/mol. The summed E-state index contributed by atoms with van der Waals surface area (Å²) in [6.45, 7) is 4.13. The van der Waals surface area contributed by atoms with E-state index in [9.17, 15) is 0 Å². The van der Waals surface area contributed by atoms with E-state index >= 15 is 0 Å². The van der Waals surface area contributed by atoms with Gasteiger partial charge in [-0.05, 0) is 56.7 Å². The monoisotopic (exact) mass is 496 g/mol. The highest BCUT2D eigenvalue weighted by Crippen LogP contribution is 2.32. The number of anilines is 4. The molecule has 186 valence electrons. The van der Waals surface area contributed by atoms with Crippen LogP contribution < -0.4 is 26.0 Å². The molecule has 35 heavy (non-hydrogen) atoms. The Morgan fingerprint density at radius 2 is 1.29 bits per heavy atom. The van der Waals surface area contributed by atoms with Gasteiger partial charge in [0, 0.05) is 37.8 Å². The lowest BCUT2D eigenvalue weighted by Gasteiger charge is -2.29. The van der Waals surface area contributed by atoms with Gasteiger partial charge in [-0.15, -0.1) is 20.4 Å². The number of benzene rings is 1. The molecule has 0 aliphatic carbocycles. The molecule has 0 unspecified atom stereocenters. The van der Waals surface area contributed by atoms with Crippen LogP contribution in [0.4, 0.5) is 23.0 Å². The van der Waals surface area contributed by atoms with Gasteiger partial charge in [0.05, 0.1) is 24.2 Å². The van der Waals surface area contributed by atoms with Gasteiger partial charge in [0.1, 0.15) is 5.75 Å². The Morgan fingerprint density at radius 1 is 0.743 bits per heavy atom. The number of para-hydroxylation sites is 1. The van der Waals surface area contributed by atoms with E-state index in [0.717, 1.165) is 54.6 Å². The van der Waals surface area contributed by atoms with E-state index in [1.807, 2.05) is 30.3 Å². The van der Waals surface area contributed by atoms with Crippen LogP contribution in [0.1, 0.15) is 38.5 Å². The molecule has 0 radical (unpaired) electrons. The van der Waals surface area contributed by atoms with Crippen molar-refractivity contribution in [3.8, 4) is 17.0 Å². The number of aromatic nitrogens is 4. The highest BCUT2D eigenvalue weighted by molar-refractivity contribution is 6.29. The van der Waals surface area contributed by atoms with Crippen molar-refractivity contribution < 1.29 is 4.74 Å². The molecule has 10 heteroatoms. The molecule has 3 aromatic rings. The molecule has 9 nitrogen and oxygen atoms in total. The molecular formula is C25H33ClN8O. The number of halogens is 1. The second kappa shape index (κ2) is 11.9. The lowest BCUT2D eigenvalue weighted by molar-refractivity contribution is 0.416. The summed E-state index contributed by atoms with van der Waals surface area (Å²) in [5, 5.41) is 16.3. The Morgan fingerprint density at radius 3 is 1.89 bits per heavy atom. The highest BCUT2D eigenvalue weighted by atomic mass is 35.5. The van der Waals surface area contributed by atoms with E-state index in [2.05, 4.69) is 30.2 Å². The van der Waals surface area contributed by atoms with E-state index in [-0.39, 0.29) is 0 Å². The summed E-state index contributed by atoms with van der Waals surface area (Å²) in [5.74, 6) is 1.76. The summed E-state index contributed by atoms with van der Waals surface area (Å²) in [6, 6.07) is 11.6. The number of rotatable bonds is 4. The molecule has 5 rings (SSSR count). The molecule has 0 atom stereocenters. The Balaban J connectivity index is 0.000000179. The minimum atomic E-state index is 0.403. The summed E-state index contributed by atoms with van der Waals surface area (Å²) in [7, 11) is 1.66. The Bertz CT molecular complexity index is 1120. The van der Waals surface area contributed by atoms with Crippen molar-refractivity contribution in [1.82, 2.24) is 20.4 Å². The third kappa shape index (κ3) is 6.22. The van der Waals surface area contributed by atoms with Crippen LogP contribution in [-0.2, 0) is 0 Å². The second-order valence-corrected chi connectivity index (χ2v) is 9.12. The van der Waals surface area contributed by atoms with Gasteiger partial charge >= 0.3 is 0 Å². The first kappa shape index (κ1) is 24.8. The van der Waals surface area contributed by atoms with E-state index in [4.69, 9.17) is 27.8 Å². The van der Waals surface area contributed by atoms with Crippen LogP contribution in [0.2, 0.25) is 5.15 Å². The summed E-state index contributed by atoms with van der Waals surface area (Å²) in [6.07, 6.45) is 7.40. The first-order chi connectivity index (χ1) is 17.1. The molecular weight excluding hydrogens is 464 g/mol. The number of nitrogen functional groups attached to an aromatic ring is 2. The number of nitrogens with zero attached hydrogens (tertiary/aromatic N) is 6. The van der Waals surface area contributed by atoms with Crippen LogP contribution in [0.5, 0.6) is 5.75 Å². The van der Waals surface area contributed by atoms with E-state index < -0.39 is 0 Å². The number of hydrogen-bond acceptors (Lipinski definition) is 9. The van der Waals surface area contributed by atoms with Crippen LogP contribution in [0.15, 0.2) is 36.4 Å². The normalized spacial score (nSPS) is 15.8. The lowest BCUT2D eigenvalue weighted by atomic mass is 10.1. The fourth-order valence-electron chi connectivity index (χ4n) is 4.52. The van der Waals surface area contributed by atoms with E-state index in [1.54, 1.807) is 13.2 Å². The van der Waals surface area contributed by atoms with Crippen LogP contribution in [0.3, 0.4) is 0 Å². The minimum absolute atomic E-state index is 0.403. The number of methoxy groups -OCH3 is 1. The zero-order valence-corrected chi connectivity index (χ0v) is 20.9. The van der Waals surface area contributed by atoms with Crippen LogP contribution in [0, 0.1) is 0 Å². The average Bonchev–Trinajstić information content (AvgIpc) is 2.92. The van der Waals surface area contributed by atoms with Crippen LogP contribution >= 0.6 is 11.6 Å². The molecule has 2 saturated heterocycles. The second-order valence-electron chi connectivity index (χ2n) is 8.73. The molecule has 2 fully saturated rings. The van der Waals surface area contributed by atoms with Crippen molar-refractivity contribution in [3.05, 3.63) is 41.6 Å². The van der Waals surface area contributed by atoms with Crippen LogP contribution in [-0.4, -0.2) is 53.7 Å². The molecule has 2 aliphatic rings. The standard InChI is InChI=1S/C16H20N4O.C9H13ClN4/c1-21-15-8-4-3-7-12(15)13-11-14(16(17)19-18-13)20-9-5-2-6-10-20;10-8-6-7(9(11)13-12-8)14-4-2-1-3-5-14/h3-4,7-8,11H,2,5-6,9-10H2,1H3,(H2,17,19);6H,1-5H2,(H2,11,13). The number of piperidine rings is 2. The number of nitrogens with two attached hydrogens (primary N) is 2. The fourth-order valence-corrected chi connectivity index (χ4v) is 4.66. The summed E-state index contributed by atoms with van der Waals surface area (Å²) in [5.41, 5.74) is 15.4. The number of hydrogen-bond donors (Lipinski definition) is 2. The molecule has 0 amide bonds. The third-order valence-electron chi connectivity index (χ3n) is 6.35. The van der Waals surface area contributed by atoms with Gasteiger partial charge in [-0.3, -0.25) is 0 Å². The van der Waals surface area contributed by atoms with E-state index in [1.165, 1.54) is 38.5 Å². The average molecular weight is 497 g/mol. The predicted octanol–water partition coefficient (Wildman–Crippen LogP) is 4.43. The van der Waals surface area contributed by atoms with Crippen molar-refractivity contribution in [2.45, 2.75) is 38.5 Å². The van der Waals surface area contributed by atoms with Crippen molar-refractivity contribution >= 4 is 34.6 Å². The largest absolute Gasteiger partial charge is 0.496 e. The zero-order valence-electron chi connectivity index (χ0n) is 20.2. The lowest BCUT2D eigenvalue weighted by Crippen LogP contribution is -2.30. The van der Waals surface area contributed by atoms with Gasteiger partial charge in [0.2, 0.25) is 0 Å². The van der Waals surface area contributed by atoms with Gasteiger partial charge in [0.15, 0.2) is 16.8 Å². The molecule has 2 aromatic heterocycles. The molecule has 1 aromatic carbocycles. The molecule has 0 bridgehead atoms. The fraction of sp³-hybridized carbons (Fsp3) is 0.440. The van der Waals surface area contributed by atoms with E-state index in [0.29, 0.717) is 16.8 Å². The van der Waals surface area contributed by atoms with Crippen molar-refractivity contribution in [1.29, 1.82) is 0 Å². The zero-order chi connectivity index (χ0) is 24.6. The van der Waals surface area contributed by atoms with Gasteiger partial charge in [-0.1, -0.05) is 23.7 Å². The smallest absolute Gasteiger partial charge is 0.169 e. The summed E-state index contributed by atoms with van der Waals surface area (Å²) in [4.78, 5) is 4.52. The first-order valence-corrected chi connectivity index (χ1v) is 12.5. The molecule has 0 saturated carbocycles. The van der Waals surface area contributed by atoms with Crippen molar-refractivity contribution in [2.75, 3.05) is 54.6 Å². The van der Waals surface area contributed by atoms with Gasteiger partial charge in [0.25, 0.3) is 0 Å². The summed E-state index contributed by atoms with van der Waals surface area (Å²) >= 11 is 5.78. The Kier molecular flexibility index (Phi) is 8.41. The highest BCUT2D eigenvalue weighted by Gasteiger charge is 2.17. The molecule has 0 spiro atoms. The Labute approximate surface area is 211 Å². The maximum absolute atomic E-state index is 6.02. The molecule has 2 aliphatic heterocycles. The maximum Gasteiger partial charge on any atom is 0.169 e. The Hall–Kier alpha value is -3.33. The van der Waals surface area contributed by atoms with Crippen LogP contribution in [0.25, 0.3) is 11.3 Å².